The summed E-state index contributed by atoms with van der Waals surface area (Å²) in [5, 5.41) is 13.1. The van der Waals surface area contributed by atoms with Crippen molar-refractivity contribution in [2.24, 2.45) is 11.8 Å². The summed E-state index contributed by atoms with van der Waals surface area (Å²) >= 11 is 0. The lowest BCUT2D eigenvalue weighted by Gasteiger charge is -2.22. The number of esters is 1. The third-order valence-electron chi connectivity index (χ3n) is 5.53. The number of carbonyl (C=O) groups excluding carboxylic acids is 3. The summed E-state index contributed by atoms with van der Waals surface area (Å²) in [6.45, 7) is 0.0848. The number of aromatic hydroxyl groups is 1. The molecular weight excluding hydrogens is 379 g/mol. The molecule has 2 saturated heterocycles. The molecule has 0 spiro atoms. The minimum absolute atomic E-state index is 0.0848. The first-order chi connectivity index (χ1) is 13.9. The lowest BCUT2D eigenvalue weighted by atomic mass is 9.86. The van der Waals surface area contributed by atoms with E-state index in [9.17, 15) is 23.9 Å². The van der Waals surface area contributed by atoms with Gasteiger partial charge in [0.2, 0.25) is 11.8 Å². The van der Waals surface area contributed by atoms with Crippen LogP contribution in [-0.2, 0) is 25.7 Å². The number of halogens is 1. The van der Waals surface area contributed by atoms with Gasteiger partial charge in [0.05, 0.1) is 25.5 Å². The van der Waals surface area contributed by atoms with E-state index in [2.05, 4.69) is 5.32 Å². The van der Waals surface area contributed by atoms with Crippen LogP contribution in [-0.4, -0.2) is 40.9 Å². The van der Waals surface area contributed by atoms with E-state index in [1.807, 2.05) is 6.07 Å². The van der Waals surface area contributed by atoms with Crippen molar-refractivity contribution in [2.45, 2.75) is 18.6 Å². The molecule has 2 heterocycles. The summed E-state index contributed by atoms with van der Waals surface area (Å²) in [7, 11) is 1.20. The second-order valence-electron chi connectivity index (χ2n) is 7.15. The van der Waals surface area contributed by atoms with Crippen LogP contribution in [0.25, 0.3) is 0 Å². The molecule has 29 heavy (non-hydrogen) atoms. The van der Waals surface area contributed by atoms with Crippen LogP contribution < -0.4 is 5.32 Å². The van der Waals surface area contributed by atoms with Crippen LogP contribution >= 0.6 is 0 Å². The molecule has 4 rings (SSSR count). The second kappa shape index (κ2) is 7.29. The lowest BCUT2D eigenvalue weighted by molar-refractivity contribution is -0.148. The van der Waals surface area contributed by atoms with Crippen molar-refractivity contribution in [3.63, 3.8) is 0 Å². The number of nitrogens with one attached hydrogen (secondary N) is 1. The van der Waals surface area contributed by atoms with Crippen molar-refractivity contribution < 1.29 is 28.6 Å². The number of hydrogen-bond acceptors (Lipinski definition) is 6. The number of carbonyl (C=O) groups is 3. The number of methoxy groups -OCH3 is 1. The Kier molecular flexibility index (Phi) is 4.79. The highest BCUT2D eigenvalue weighted by Crippen LogP contribution is 2.46. The monoisotopic (exact) mass is 398 g/mol. The normalized spacial score (nSPS) is 25.9. The molecule has 2 aromatic carbocycles. The van der Waals surface area contributed by atoms with E-state index in [-0.39, 0.29) is 17.9 Å². The van der Waals surface area contributed by atoms with Gasteiger partial charge in [-0.2, -0.15) is 0 Å². The van der Waals surface area contributed by atoms with Gasteiger partial charge in [-0.15, -0.1) is 0 Å². The average molecular weight is 398 g/mol. The topological polar surface area (TPSA) is 95.9 Å². The van der Waals surface area contributed by atoms with Crippen LogP contribution in [0.3, 0.4) is 0 Å². The van der Waals surface area contributed by atoms with E-state index in [0.717, 1.165) is 22.6 Å². The fourth-order valence-electron chi connectivity index (χ4n) is 4.20. The zero-order valence-corrected chi connectivity index (χ0v) is 15.5. The second-order valence-corrected chi connectivity index (χ2v) is 7.15. The number of phenols is 1. The van der Waals surface area contributed by atoms with Crippen molar-refractivity contribution in [3.8, 4) is 5.75 Å². The van der Waals surface area contributed by atoms with Crippen LogP contribution in [0.5, 0.6) is 5.75 Å². The predicted octanol–water partition coefficient (Wildman–Crippen LogP) is 1.52. The number of imide groups is 1. The Balaban J connectivity index is 1.72. The average Bonchev–Trinajstić information content (AvgIpc) is 3.21. The van der Waals surface area contributed by atoms with Gasteiger partial charge in [0.15, 0.2) is 0 Å². The standard InChI is InChI=1S/C21H19FN2O5/c1-29-21(28)18-16-15(17(23-18)13-8-7-12(22)9-14(13)25)19(26)24(20(16)27)10-11-5-3-2-4-6-11/h2-9,15-18,23,25H,10H2,1H3/t15-,16+,17-,18-/m1/s1. The summed E-state index contributed by atoms with van der Waals surface area (Å²) in [5.74, 6) is -4.46. The van der Waals surface area contributed by atoms with Crippen LogP contribution in [0.4, 0.5) is 4.39 Å². The molecular formula is C21H19FN2O5. The Morgan fingerprint density at radius 1 is 1.14 bits per heavy atom. The maximum absolute atomic E-state index is 13.4. The van der Waals surface area contributed by atoms with E-state index in [0.29, 0.717) is 0 Å². The van der Waals surface area contributed by atoms with Crippen molar-refractivity contribution in [1.29, 1.82) is 0 Å². The van der Waals surface area contributed by atoms with Crippen LogP contribution in [0, 0.1) is 17.7 Å². The molecule has 2 amide bonds. The molecule has 2 aliphatic rings. The SMILES string of the molecule is COC(=O)[C@@H]1N[C@H](c2ccc(F)cc2O)[C@@H]2C(=O)N(Cc3ccccc3)C(=O)[C@@H]21. The molecule has 0 bridgehead atoms. The Bertz CT molecular complexity index is 980. The minimum Gasteiger partial charge on any atom is -0.508 e. The van der Waals surface area contributed by atoms with Crippen molar-refractivity contribution in [1.82, 2.24) is 10.2 Å². The first kappa shape index (κ1) is 19.1. The molecule has 4 atom stereocenters. The minimum atomic E-state index is -1.04. The van der Waals surface area contributed by atoms with E-state index < -0.39 is 47.5 Å². The summed E-state index contributed by atoms with van der Waals surface area (Å²) in [4.78, 5) is 39.7. The maximum atomic E-state index is 13.4. The number of ether oxygens (including phenoxy) is 1. The van der Waals surface area contributed by atoms with Crippen LogP contribution in [0.1, 0.15) is 17.2 Å². The van der Waals surface area contributed by atoms with Gasteiger partial charge in [-0.05, 0) is 11.6 Å². The molecule has 0 aliphatic carbocycles. The summed E-state index contributed by atoms with van der Waals surface area (Å²) in [5.41, 5.74) is 1.02. The Hall–Kier alpha value is -3.26. The third-order valence-corrected chi connectivity index (χ3v) is 5.53. The van der Waals surface area contributed by atoms with Crippen LogP contribution in [0.2, 0.25) is 0 Å². The molecule has 8 heteroatoms. The van der Waals surface area contributed by atoms with Gasteiger partial charge < -0.3 is 9.84 Å². The molecule has 7 nitrogen and oxygen atoms in total. The molecule has 150 valence electrons. The largest absolute Gasteiger partial charge is 0.508 e. The number of rotatable bonds is 4. The Morgan fingerprint density at radius 2 is 1.83 bits per heavy atom. The van der Waals surface area contributed by atoms with Gasteiger partial charge in [0, 0.05) is 17.7 Å². The Morgan fingerprint density at radius 3 is 2.48 bits per heavy atom. The molecule has 0 unspecified atom stereocenters. The van der Waals surface area contributed by atoms with E-state index in [4.69, 9.17) is 4.74 Å². The summed E-state index contributed by atoms with van der Waals surface area (Å²) < 4.78 is 18.2. The van der Waals surface area contributed by atoms with Gasteiger partial charge >= 0.3 is 5.97 Å². The highest BCUT2D eigenvalue weighted by atomic mass is 19.1. The summed E-state index contributed by atoms with van der Waals surface area (Å²) in [6.07, 6.45) is 0. The van der Waals surface area contributed by atoms with Crippen molar-refractivity contribution in [2.75, 3.05) is 7.11 Å². The lowest BCUT2D eigenvalue weighted by Crippen LogP contribution is -2.43. The Labute approximate surface area is 166 Å². The first-order valence-corrected chi connectivity index (χ1v) is 9.14. The molecule has 2 aromatic rings. The summed E-state index contributed by atoms with van der Waals surface area (Å²) in [6, 6.07) is 10.6. The maximum Gasteiger partial charge on any atom is 0.323 e. The number of hydrogen-bond donors (Lipinski definition) is 2. The molecule has 2 N–H and O–H groups in total. The number of nitrogens with zero attached hydrogens (tertiary/aromatic N) is 1. The molecule has 0 radical (unpaired) electrons. The molecule has 2 fully saturated rings. The number of likely N-dealkylation sites (tertiary alicyclic amines) is 1. The highest BCUT2D eigenvalue weighted by molar-refractivity contribution is 6.08. The number of amides is 2. The zero-order chi connectivity index (χ0) is 20.7. The van der Waals surface area contributed by atoms with Crippen LogP contribution in [0.15, 0.2) is 48.5 Å². The van der Waals surface area contributed by atoms with Gasteiger partial charge in [0.1, 0.15) is 17.6 Å². The van der Waals surface area contributed by atoms with E-state index >= 15 is 0 Å². The first-order valence-electron chi connectivity index (χ1n) is 9.14. The number of fused-ring (bicyclic) bond motifs is 1. The predicted molar refractivity (Wildman–Crippen MR) is 98.7 cm³/mol. The third kappa shape index (κ3) is 3.15. The van der Waals surface area contributed by atoms with E-state index in [1.54, 1.807) is 24.3 Å². The van der Waals surface area contributed by atoms with Gasteiger partial charge in [-0.3, -0.25) is 24.6 Å². The smallest absolute Gasteiger partial charge is 0.323 e. The van der Waals surface area contributed by atoms with Gasteiger partial charge in [-0.1, -0.05) is 36.4 Å². The van der Waals surface area contributed by atoms with Crippen molar-refractivity contribution >= 4 is 17.8 Å². The quantitative estimate of drug-likeness (QED) is 0.599. The van der Waals surface area contributed by atoms with Gasteiger partial charge in [-0.25, -0.2) is 4.39 Å². The van der Waals surface area contributed by atoms with Crippen molar-refractivity contribution in [3.05, 3.63) is 65.5 Å². The highest BCUT2D eigenvalue weighted by Gasteiger charge is 2.61. The van der Waals surface area contributed by atoms with Gasteiger partial charge in [0.25, 0.3) is 0 Å². The molecule has 2 aliphatic heterocycles. The van der Waals surface area contributed by atoms with E-state index in [1.165, 1.54) is 13.2 Å². The molecule has 0 saturated carbocycles. The fraction of sp³-hybridized carbons (Fsp3) is 0.286. The number of phenolic OH excluding ortho intramolecular Hbond substituents is 1. The zero-order valence-electron chi connectivity index (χ0n) is 15.5. The fourth-order valence-corrected chi connectivity index (χ4v) is 4.20. The molecule has 0 aromatic heterocycles. The number of benzene rings is 2.